The van der Waals surface area contributed by atoms with Gasteiger partial charge >= 0.3 is 51.4 Å². The van der Waals surface area contributed by atoms with Crippen LogP contribution in [0.15, 0.2) is 0 Å². The van der Waals surface area contributed by atoms with Gasteiger partial charge in [0, 0.05) is 13.5 Å². The maximum Gasteiger partial charge on any atom is 1.00 e. The van der Waals surface area contributed by atoms with E-state index in [4.69, 9.17) is 0 Å². The fraction of sp³-hybridized carbons (Fsp3) is 0.800. The Hall–Kier alpha value is 1.02. The van der Waals surface area contributed by atoms with Crippen molar-refractivity contribution in [2.45, 2.75) is 19.1 Å². The summed E-state index contributed by atoms with van der Waals surface area (Å²) in [6, 6.07) is 0. The van der Waals surface area contributed by atoms with Crippen molar-refractivity contribution in [1.29, 1.82) is 0 Å². The molecule has 5 nitrogen and oxygen atoms in total. The van der Waals surface area contributed by atoms with E-state index in [1.54, 1.807) is 0 Å². The summed E-state index contributed by atoms with van der Waals surface area (Å²) in [4.78, 5) is 10.3. The van der Waals surface area contributed by atoms with Crippen LogP contribution in [-0.2, 0) is 14.9 Å². The van der Waals surface area contributed by atoms with E-state index in [1.807, 2.05) is 0 Å². The third-order valence-electron chi connectivity index (χ3n) is 1.13. The molecule has 7 heteroatoms. The summed E-state index contributed by atoms with van der Waals surface area (Å²) in [5, 5.41) is 1.17. The van der Waals surface area contributed by atoms with Gasteiger partial charge in [-0.25, -0.2) is 8.42 Å². The van der Waals surface area contributed by atoms with Crippen molar-refractivity contribution in [3.63, 3.8) is 0 Å². The van der Waals surface area contributed by atoms with Gasteiger partial charge in [0.2, 0.25) is 5.91 Å². The van der Waals surface area contributed by atoms with E-state index >= 15 is 0 Å². The van der Waals surface area contributed by atoms with E-state index in [0.29, 0.717) is 0 Å². The predicted octanol–water partition coefficient (Wildman–Crippen LogP) is -3.94. The molecule has 0 aliphatic carbocycles. The van der Waals surface area contributed by atoms with Crippen LogP contribution in [0.1, 0.15) is 13.8 Å². The molecule has 0 radical (unpaired) electrons. The van der Waals surface area contributed by atoms with Gasteiger partial charge < -0.3 is 9.87 Å². The minimum atomic E-state index is -4.26. The first-order valence-electron chi connectivity index (χ1n) is 3.03. The van der Waals surface area contributed by atoms with Crippen molar-refractivity contribution >= 4 is 16.0 Å². The molecule has 1 amide bonds. The Balaban J connectivity index is 0. The summed E-state index contributed by atoms with van der Waals surface area (Å²) < 4.78 is 30.7. The molecule has 0 aromatic rings. The largest absolute Gasteiger partial charge is 1.00 e. The fourth-order valence-electron chi connectivity index (χ4n) is 0.390. The summed E-state index contributed by atoms with van der Waals surface area (Å²) in [7, 11) is -4.26. The molecular formula is C5H10KNO4S. The van der Waals surface area contributed by atoms with Crippen molar-refractivity contribution < 1.29 is 69.1 Å². The van der Waals surface area contributed by atoms with Crippen LogP contribution in [0, 0.1) is 0 Å². The number of rotatable bonds is 3. The van der Waals surface area contributed by atoms with Crippen LogP contribution >= 0.6 is 0 Å². The van der Waals surface area contributed by atoms with Crippen molar-refractivity contribution in [1.82, 2.24) is 5.32 Å². The SMILES string of the molecule is CC(=O)NCC(C)S(=O)(=O)[O-].[K+]. The zero-order valence-electron chi connectivity index (χ0n) is 7.33. The van der Waals surface area contributed by atoms with E-state index in [0.717, 1.165) is 0 Å². The molecule has 0 rings (SSSR count). The molecule has 66 valence electrons. The second-order valence-corrected chi connectivity index (χ2v) is 4.03. The van der Waals surface area contributed by atoms with Crippen LogP contribution < -0.4 is 56.7 Å². The normalized spacial score (nSPS) is 12.9. The third kappa shape index (κ3) is 7.65. The third-order valence-corrected chi connectivity index (χ3v) is 2.28. The Bertz CT molecular complexity index is 238. The molecule has 0 heterocycles. The van der Waals surface area contributed by atoms with Crippen LogP contribution in [-0.4, -0.2) is 30.7 Å². The Morgan fingerprint density at radius 1 is 1.58 bits per heavy atom. The molecule has 0 saturated heterocycles. The first-order valence-corrected chi connectivity index (χ1v) is 4.50. The smallest absolute Gasteiger partial charge is 0.748 e. The van der Waals surface area contributed by atoms with Gasteiger partial charge in [-0.05, 0) is 6.92 Å². The Kier molecular flexibility index (Phi) is 8.35. The monoisotopic (exact) mass is 219 g/mol. The number of nitrogens with one attached hydrogen (secondary N) is 1. The maximum absolute atomic E-state index is 10.3. The summed E-state index contributed by atoms with van der Waals surface area (Å²) in [5.41, 5.74) is 0. The second-order valence-electron chi connectivity index (χ2n) is 2.24. The number of carbonyl (C=O) groups is 1. The fourth-order valence-corrected chi connectivity index (χ4v) is 0.677. The van der Waals surface area contributed by atoms with Crippen molar-refractivity contribution in [3.8, 4) is 0 Å². The van der Waals surface area contributed by atoms with E-state index in [9.17, 15) is 17.8 Å². The number of amides is 1. The number of hydrogen-bond donors (Lipinski definition) is 1. The summed E-state index contributed by atoms with van der Waals surface area (Å²) in [6.07, 6.45) is 0. The molecule has 0 aromatic carbocycles. The van der Waals surface area contributed by atoms with E-state index in [2.05, 4.69) is 5.32 Å². The standard InChI is InChI=1S/C5H11NO4S.K/c1-4(11(8,9)10)3-6-5(2)7;/h4H,3H2,1-2H3,(H,6,7)(H,8,9,10);/q;+1/p-1. The van der Waals surface area contributed by atoms with Crippen molar-refractivity contribution in [3.05, 3.63) is 0 Å². The van der Waals surface area contributed by atoms with E-state index in [-0.39, 0.29) is 63.8 Å². The molecule has 1 atom stereocenters. The van der Waals surface area contributed by atoms with Gasteiger partial charge in [-0.15, -0.1) is 0 Å². The van der Waals surface area contributed by atoms with Gasteiger partial charge in [-0.2, -0.15) is 0 Å². The van der Waals surface area contributed by atoms with Gasteiger partial charge in [0.1, 0.15) is 0 Å². The molecule has 0 saturated carbocycles. The van der Waals surface area contributed by atoms with Crippen molar-refractivity contribution in [2.24, 2.45) is 0 Å². The first-order chi connectivity index (χ1) is 4.84. The Morgan fingerprint density at radius 2 is 2.00 bits per heavy atom. The second kappa shape index (κ2) is 6.47. The molecule has 0 aromatic heterocycles. The zero-order chi connectivity index (χ0) is 9.07. The summed E-state index contributed by atoms with van der Waals surface area (Å²) in [5.74, 6) is -0.347. The van der Waals surface area contributed by atoms with Gasteiger partial charge in [0.15, 0.2) is 0 Å². The minimum Gasteiger partial charge on any atom is -0.748 e. The maximum atomic E-state index is 10.3. The molecule has 0 aliphatic heterocycles. The van der Waals surface area contributed by atoms with Crippen LogP contribution in [0.25, 0.3) is 0 Å². The van der Waals surface area contributed by atoms with Crippen molar-refractivity contribution in [2.75, 3.05) is 6.54 Å². The molecule has 0 fully saturated rings. The number of carbonyl (C=O) groups excluding carboxylic acids is 1. The Labute approximate surface area is 114 Å². The van der Waals surface area contributed by atoms with Crippen LogP contribution in [0.3, 0.4) is 0 Å². The van der Waals surface area contributed by atoms with E-state index in [1.165, 1.54) is 13.8 Å². The first kappa shape index (κ1) is 15.5. The number of hydrogen-bond acceptors (Lipinski definition) is 4. The van der Waals surface area contributed by atoms with Crippen LogP contribution in [0.4, 0.5) is 0 Å². The van der Waals surface area contributed by atoms with Gasteiger partial charge in [0.25, 0.3) is 0 Å². The summed E-state index contributed by atoms with van der Waals surface area (Å²) >= 11 is 0. The molecule has 1 N–H and O–H groups in total. The predicted molar refractivity (Wildman–Crippen MR) is 37.8 cm³/mol. The average molecular weight is 219 g/mol. The van der Waals surface area contributed by atoms with Gasteiger partial charge in [-0.1, -0.05) is 0 Å². The molecule has 1 unspecified atom stereocenters. The molecule has 0 aliphatic rings. The van der Waals surface area contributed by atoms with Gasteiger partial charge in [0.05, 0.1) is 15.4 Å². The molecular weight excluding hydrogens is 209 g/mol. The quantitative estimate of drug-likeness (QED) is 0.388. The molecule has 12 heavy (non-hydrogen) atoms. The molecule has 0 bridgehead atoms. The minimum absolute atomic E-state index is 0. The van der Waals surface area contributed by atoms with Crippen LogP contribution in [0.5, 0.6) is 0 Å². The average Bonchev–Trinajstić information content (AvgIpc) is 1.80. The molecule has 0 spiro atoms. The van der Waals surface area contributed by atoms with E-state index < -0.39 is 15.4 Å². The topological polar surface area (TPSA) is 86.3 Å². The summed E-state index contributed by atoms with van der Waals surface area (Å²) in [6.45, 7) is 2.38. The Morgan fingerprint density at radius 3 is 2.25 bits per heavy atom. The zero-order valence-corrected chi connectivity index (χ0v) is 11.3. The van der Waals surface area contributed by atoms with Gasteiger partial charge in [-0.3, -0.25) is 4.79 Å². The van der Waals surface area contributed by atoms with Crippen LogP contribution in [0.2, 0.25) is 0 Å².